The Morgan fingerprint density at radius 2 is 1.70 bits per heavy atom. The van der Waals surface area contributed by atoms with Crippen LogP contribution in [0.3, 0.4) is 0 Å². The summed E-state index contributed by atoms with van der Waals surface area (Å²) in [4.78, 5) is 4.60. The standard InChI is InChI=1S/C16H14N2O2/c17-19-11-12-6-8-14(9-7-12)16-10-15(18-20-16)13-4-2-1-3-5-13/h1-10H,11,17H2. The highest BCUT2D eigenvalue weighted by molar-refractivity contribution is 5.66. The van der Waals surface area contributed by atoms with E-state index in [9.17, 15) is 0 Å². The van der Waals surface area contributed by atoms with Gasteiger partial charge in [-0.1, -0.05) is 59.8 Å². The van der Waals surface area contributed by atoms with Gasteiger partial charge in [0.25, 0.3) is 0 Å². The molecule has 0 amide bonds. The van der Waals surface area contributed by atoms with Crippen LogP contribution in [0.5, 0.6) is 0 Å². The van der Waals surface area contributed by atoms with Gasteiger partial charge in [-0.3, -0.25) is 4.84 Å². The van der Waals surface area contributed by atoms with E-state index in [1.807, 2.05) is 60.7 Å². The molecule has 1 aromatic heterocycles. The third-order valence-electron chi connectivity index (χ3n) is 3.07. The lowest BCUT2D eigenvalue weighted by Gasteiger charge is -1.99. The number of rotatable bonds is 4. The number of benzene rings is 2. The number of nitrogens with two attached hydrogens (primary N) is 1. The van der Waals surface area contributed by atoms with Crippen molar-refractivity contribution in [1.82, 2.24) is 5.16 Å². The first-order valence-corrected chi connectivity index (χ1v) is 6.30. The van der Waals surface area contributed by atoms with Gasteiger partial charge in [0.2, 0.25) is 0 Å². The topological polar surface area (TPSA) is 61.3 Å². The second-order valence-electron chi connectivity index (χ2n) is 4.45. The minimum absolute atomic E-state index is 0.395. The Morgan fingerprint density at radius 3 is 2.40 bits per heavy atom. The largest absolute Gasteiger partial charge is 0.356 e. The van der Waals surface area contributed by atoms with Crippen molar-refractivity contribution in [1.29, 1.82) is 0 Å². The first kappa shape index (κ1) is 12.6. The van der Waals surface area contributed by atoms with Crippen LogP contribution in [0.4, 0.5) is 0 Å². The predicted octanol–water partition coefficient (Wildman–Crippen LogP) is 3.40. The molecule has 3 rings (SSSR count). The van der Waals surface area contributed by atoms with Gasteiger partial charge < -0.3 is 4.52 Å². The van der Waals surface area contributed by atoms with Gasteiger partial charge in [0, 0.05) is 17.2 Å². The Morgan fingerprint density at radius 1 is 0.950 bits per heavy atom. The molecule has 0 atom stereocenters. The molecule has 2 aromatic carbocycles. The Balaban J connectivity index is 1.86. The minimum Gasteiger partial charge on any atom is -0.356 e. The first-order chi connectivity index (χ1) is 9.86. The minimum atomic E-state index is 0.395. The molecule has 1 heterocycles. The van der Waals surface area contributed by atoms with Crippen LogP contribution in [0.2, 0.25) is 0 Å². The van der Waals surface area contributed by atoms with Crippen LogP contribution in [0.25, 0.3) is 22.6 Å². The zero-order valence-electron chi connectivity index (χ0n) is 10.8. The smallest absolute Gasteiger partial charge is 0.167 e. The van der Waals surface area contributed by atoms with Crippen molar-refractivity contribution in [3.8, 4) is 22.6 Å². The van der Waals surface area contributed by atoms with Crippen LogP contribution in [-0.2, 0) is 11.4 Å². The number of hydrogen-bond acceptors (Lipinski definition) is 4. The quantitative estimate of drug-likeness (QED) is 0.735. The van der Waals surface area contributed by atoms with Crippen LogP contribution in [-0.4, -0.2) is 5.16 Å². The maximum atomic E-state index is 5.40. The zero-order valence-corrected chi connectivity index (χ0v) is 10.8. The maximum absolute atomic E-state index is 5.40. The van der Waals surface area contributed by atoms with Crippen molar-refractivity contribution in [2.75, 3.05) is 0 Å². The van der Waals surface area contributed by atoms with E-state index in [1.54, 1.807) is 0 Å². The first-order valence-electron chi connectivity index (χ1n) is 6.30. The fourth-order valence-corrected chi connectivity index (χ4v) is 2.02. The van der Waals surface area contributed by atoms with Crippen LogP contribution in [0, 0.1) is 0 Å². The van der Waals surface area contributed by atoms with Crippen molar-refractivity contribution < 1.29 is 9.36 Å². The lowest BCUT2D eigenvalue weighted by Crippen LogP contribution is -1.98. The van der Waals surface area contributed by atoms with Gasteiger partial charge in [0.15, 0.2) is 5.76 Å². The summed E-state index contributed by atoms with van der Waals surface area (Å²) >= 11 is 0. The number of hydrogen-bond donors (Lipinski definition) is 1. The molecule has 0 radical (unpaired) electrons. The van der Waals surface area contributed by atoms with Crippen molar-refractivity contribution >= 4 is 0 Å². The summed E-state index contributed by atoms with van der Waals surface area (Å²) in [5, 5.41) is 4.10. The van der Waals surface area contributed by atoms with Gasteiger partial charge in [-0.15, -0.1) is 0 Å². The van der Waals surface area contributed by atoms with E-state index in [-0.39, 0.29) is 0 Å². The normalized spacial score (nSPS) is 10.7. The molecule has 20 heavy (non-hydrogen) atoms. The van der Waals surface area contributed by atoms with E-state index >= 15 is 0 Å². The fraction of sp³-hybridized carbons (Fsp3) is 0.0625. The van der Waals surface area contributed by atoms with E-state index in [0.29, 0.717) is 6.61 Å². The molecule has 0 saturated heterocycles. The van der Waals surface area contributed by atoms with E-state index in [1.165, 1.54) is 0 Å². The monoisotopic (exact) mass is 266 g/mol. The van der Waals surface area contributed by atoms with Gasteiger partial charge in [-0.05, 0) is 5.56 Å². The van der Waals surface area contributed by atoms with Crippen LogP contribution in [0.1, 0.15) is 5.56 Å². The van der Waals surface area contributed by atoms with Gasteiger partial charge in [-0.2, -0.15) is 0 Å². The van der Waals surface area contributed by atoms with Gasteiger partial charge >= 0.3 is 0 Å². The van der Waals surface area contributed by atoms with Gasteiger partial charge in [-0.25, -0.2) is 5.90 Å². The summed E-state index contributed by atoms with van der Waals surface area (Å²) in [6, 6.07) is 19.7. The van der Waals surface area contributed by atoms with E-state index in [2.05, 4.69) is 9.99 Å². The van der Waals surface area contributed by atoms with Crippen molar-refractivity contribution in [2.24, 2.45) is 5.90 Å². The van der Waals surface area contributed by atoms with Crippen LogP contribution in [0.15, 0.2) is 65.2 Å². The summed E-state index contributed by atoms with van der Waals surface area (Å²) in [6.45, 7) is 0.395. The molecule has 100 valence electrons. The molecule has 3 aromatic rings. The van der Waals surface area contributed by atoms with Gasteiger partial charge in [0.1, 0.15) is 5.69 Å². The highest BCUT2D eigenvalue weighted by atomic mass is 16.6. The van der Waals surface area contributed by atoms with E-state index < -0.39 is 0 Å². The molecule has 2 N–H and O–H groups in total. The molecule has 0 bridgehead atoms. The number of nitrogens with zero attached hydrogens (tertiary/aromatic N) is 1. The molecular formula is C16H14N2O2. The van der Waals surface area contributed by atoms with Crippen LogP contribution >= 0.6 is 0 Å². The van der Waals surface area contributed by atoms with Crippen molar-refractivity contribution in [3.63, 3.8) is 0 Å². The highest BCUT2D eigenvalue weighted by Gasteiger charge is 2.08. The molecule has 4 heteroatoms. The molecule has 0 spiro atoms. The molecule has 0 fully saturated rings. The summed E-state index contributed by atoms with van der Waals surface area (Å²) < 4.78 is 5.40. The summed E-state index contributed by atoms with van der Waals surface area (Å²) in [5.41, 5.74) is 3.85. The molecule has 0 aliphatic carbocycles. The predicted molar refractivity (Wildman–Crippen MR) is 76.4 cm³/mol. The van der Waals surface area contributed by atoms with E-state index in [4.69, 9.17) is 10.4 Å². The Kier molecular flexibility index (Phi) is 3.58. The lowest BCUT2D eigenvalue weighted by molar-refractivity contribution is 0.124. The average Bonchev–Trinajstić information content (AvgIpc) is 2.99. The Bertz CT molecular complexity index is 675. The number of aromatic nitrogens is 1. The molecule has 0 saturated carbocycles. The summed E-state index contributed by atoms with van der Waals surface area (Å²) in [6.07, 6.45) is 0. The van der Waals surface area contributed by atoms with Crippen molar-refractivity contribution in [2.45, 2.75) is 6.61 Å². The van der Waals surface area contributed by atoms with Gasteiger partial charge in [0.05, 0.1) is 6.61 Å². The second kappa shape index (κ2) is 5.69. The van der Waals surface area contributed by atoms with Crippen molar-refractivity contribution in [3.05, 3.63) is 66.2 Å². The molecular weight excluding hydrogens is 252 g/mol. The van der Waals surface area contributed by atoms with Crippen LogP contribution < -0.4 is 5.90 Å². The summed E-state index contributed by atoms with van der Waals surface area (Å²) in [5.74, 6) is 5.79. The lowest BCUT2D eigenvalue weighted by atomic mass is 10.1. The SMILES string of the molecule is NOCc1ccc(-c2cc(-c3ccccc3)no2)cc1. The Hall–Kier alpha value is -2.43. The molecule has 4 nitrogen and oxygen atoms in total. The summed E-state index contributed by atoms with van der Waals surface area (Å²) in [7, 11) is 0. The molecule has 0 aliphatic rings. The molecule has 0 aliphatic heterocycles. The molecule has 0 unspecified atom stereocenters. The fourth-order valence-electron chi connectivity index (χ4n) is 2.02. The third-order valence-corrected chi connectivity index (χ3v) is 3.07. The van der Waals surface area contributed by atoms with E-state index in [0.717, 1.165) is 28.1 Å². The third kappa shape index (κ3) is 2.61. The maximum Gasteiger partial charge on any atom is 0.167 e. The Labute approximate surface area is 116 Å². The average molecular weight is 266 g/mol. The second-order valence-corrected chi connectivity index (χ2v) is 4.45. The zero-order chi connectivity index (χ0) is 13.8. The highest BCUT2D eigenvalue weighted by Crippen LogP contribution is 2.26.